The predicted molar refractivity (Wildman–Crippen MR) is 152 cm³/mol. The van der Waals surface area contributed by atoms with Gasteiger partial charge in [0, 0.05) is 11.8 Å². The van der Waals surface area contributed by atoms with E-state index in [1.807, 2.05) is 0 Å². The Morgan fingerprint density at radius 1 is 1.05 bits per heavy atom. The van der Waals surface area contributed by atoms with Gasteiger partial charge in [0.1, 0.15) is 41.1 Å². The van der Waals surface area contributed by atoms with Crippen LogP contribution in [-0.4, -0.2) is 66.7 Å². The number of thiocarbonyl (C=S) groups is 1. The largest absolute Gasteiger partial charge is 0.414 e. The number of nitrogen functional groups attached to an aromatic ring is 1. The van der Waals surface area contributed by atoms with Crippen molar-refractivity contribution in [2.75, 3.05) is 12.3 Å². The van der Waals surface area contributed by atoms with Gasteiger partial charge in [-0.3, -0.25) is 0 Å². The van der Waals surface area contributed by atoms with E-state index in [1.54, 1.807) is 10.8 Å². The number of aromatic nitrogens is 3. The van der Waals surface area contributed by atoms with Crippen LogP contribution in [0.4, 0.5) is 5.82 Å². The van der Waals surface area contributed by atoms with Gasteiger partial charge in [-0.25, -0.2) is 9.97 Å². The number of aliphatic hydroxyl groups excluding tert-OH is 1. The maximum atomic E-state index is 11.7. The van der Waals surface area contributed by atoms with Crippen LogP contribution < -0.4 is 11.5 Å². The van der Waals surface area contributed by atoms with Crippen molar-refractivity contribution in [3.63, 3.8) is 0 Å². The molecule has 4 rings (SSSR count). The maximum absolute atomic E-state index is 11.7. The monoisotopic (exact) mass is 567 g/mol. The molecule has 0 aliphatic carbocycles. The summed E-state index contributed by atoms with van der Waals surface area (Å²) in [6.45, 7) is 17.5. The number of nitrogens with two attached hydrogens (primary N) is 2. The molecule has 0 aromatic carbocycles. The Morgan fingerprint density at radius 3 is 2.19 bits per heavy atom. The Balaban J connectivity index is 1.82. The summed E-state index contributed by atoms with van der Waals surface area (Å²) in [4.78, 5) is 8.67. The molecule has 206 valence electrons. The van der Waals surface area contributed by atoms with Gasteiger partial charge in [-0.15, -0.1) is 0 Å². The van der Waals surface area contributed by atoms with Crippen LogP contribution in [0.5, 0.6) is 0 Å². The minimum atomic E-state index is -2.91. The van der Waals surface area contributed by atoms with E-state index < -0.39 is 41.7 Å². The van der Waals surface area contributed by atoms with Crippen molar-refractivity contribution in [2.45, 2.75) is 102 Å². The highest BCUT2D eigenvalue weighted by molar-refractivity contribution is 7.80. The van der Waals surface area contributed by atoms with Gasteiger partial charge in [0.05, 0.1) is 12.0 Å². The summed E-state index contributed by atoms with van der Waals surface area (Å²) < 4.78 is 29.3. The van der Waals surface area contributed by atoms with Gasteiger partial charge in [0.25, 0.3) is 0 Å². The van der Waals surface area contributed by atoms with E-state index >= 15 is 0 Å². The van der Waals surface area contributed by atoms with Crippen LogP contribution in [0.25, 0.3) is 11.0 Å². The normalized spacial score (nSPS) is 27.7. The number of rotatable bonds is 6. The quantitative estimate of drug-likeness (QED) is 0.348. The Hall–Kier alpha value is -1.46. The van der Waals surface area contributed by atoms with Crippen molar-refractivity contribution in [2.24, 2.45) is 5.73 Å². The van der Waals surface area contributed by atoms with Crippen molar-refractivity contribution >= 4 is 51.2 Å². The van der Waals surface area contributed by atoms with Crippen molar-refractivity contribution in [3.05, 3.63) is 18.1 Å². The molecule has 13 heteroatoms. The summed E-state index contributed by atoms with van der Waals surface area (Å²) in [5, 5.41) is 12.2. The molecule has 0 unspecified atom stereocenters. The lowest BCUT2D eigenvalue weighted by molar-refractivity contribution is -0.0568. The van der Waals surface area contributed by atoms with E-state index in [0.717, 1.165) is 0 Å². The Morgan fingerprint density at radius 2 is 1.65 bits per heavy atom. The Labute approximate surface area is 226 Å². The molecule has 2 saturated heterocycles. The SMILES string of the molecule is CC(C)[Si]1(C(C)C)OC[C@H]2O[C@@H](n3cc(C(N)=S)c4c(N)ncnc43)[C@H](O)[C@@H]2O[Si](C(C)C)(C(C)C)O1. The first-order chi connectivity index (χ1) is 17.3. The van der Waals surface area contributed by atoms with E-state index in [4.69, 9.17) is 41.4 Å². The van der Waals surface area contributed by atoms with Crippen LogP contribution in [0.2, 0.25) is 22.2 Å². The second-order valence-electron chi connectivity index (χ2n) is 11.4. The van der Waals surface area contributed by atoms with E-state index in [2.05, 4.69) is 65.4 Å². The molecule has 5 N–H and O–H groups in total. The second-order valence-corrected chi connectivity index (χ2v) is 20.7. The topological polar surface area (TPSA) is 140 Å². The van der Waals surface area contributed by atoms with E-state index in [-0.39, 0.29) is 39.6 Å². The molecule has 0 amide bonds. The molecule has 2 aliphatic rings. The highest BCUT2D eigenvalue weighted by Gasteiger charge is 2.61. The molecule has 2 aromatic heterocycles. The molecule has 2 aromatic rings. The molecular weight excluding hydrogens is 527 g/mol. The van der Waals surface area contributed by atoms with Crippen LogP contribution in [0.1, 0.15) is 67.2 Å². The molecule has 37 heavy (non-hydrogen) atoms. The Bertz CT molecular complexity index is 1140. The van der Waals surface area contributed by atoms with Crippen LogP contribution >= 0.6 is 12.2 Å². The molecule has 2 fully saturated rings. The van der Waals surface area contributed by atoms with Crippen LogP contribution in [0.15, 0.2) is 12.5 Å². The number of hydrogen-bond donors (Lipinski definition) is 3. The third kappa shape index (κ3) is 4.56. The fourth-order valence-corrected chi connectivity index (χ4v) is 17.2. The molecule has 0 saturated carbocycles. The summed E-state index contributed by atoms with van der Waals surface area (Å²) in [6.07, 6.45) is 0.131. The zero-order valence-corrected chi connectivity index (χ0v) is 25.8. The smallest absolute Gasteiger partial charge is 0.335 e. The zero-order chi connectivity index (χ0) is 27.4. The average Bonchev–Trinajstić information content (AvgIpc) is 3.32. The zero-order valence-electron chi connectivity index (χ0n) is 23.0. The van der Waals surface area contributed by atoms with Gasteiger partial charge in [-0.2, -0.15) is 0 Å². The van der Waals surface area contributed by atoms with Crippen molar-refractivity contribution < 1.29 is 22.8 Å². The number of hydrogen-bond acceptors (Lipinski definition) is 9. The molecule has 2 aliphatic heterocycles. The molecule has 0 spiro atoms. The van der Waals surface area contributed by atoms with Crippen molar-refractivity contribution in [3.8, 4) is 0 Å². The first-order valence-electron chi connectivity index (χ1n) is 13.0. The minimum Gasteiger partial charge on any atom is -0.414 e. The third-order valence-corrected chi connectivity index (χ3v) is 18.3. The van der Waals surface area contributed by atoms with Gasteiger partial charge < -0.3 is 38.8 Å². The van der Waals surface area contributed by atoms with Crippen LogP contribution in [0, 0.1) is 0 Å². The summed E-state index contributed by atoms with van der Waals surface area (Å²) in [5.41, 5.74) is 13.8. The van der Waals surface area contributed by atoms with E-state index in [1.165, 1.54) is 6.33 Å². The number of fused-ring (bicyclic) bond motifs is 2. The van der Waals surface area contributed by atoms with Gasteiger partial charge in [-0.1, -0.05) is 67.6 Å². The minimum absolute atomic E-state index is 0.131. The first-order valence-corrected chi connectivity index (χ1v) is 17.4. The summed E-state index contributed by atoms with van der Waals surface area (Å²) in [5.74, 6) is 0.258. The van der Waals surface area contributed by atoms with Crippen molar-refractivity contribution in [1.82, 2.24) is 14.5 Å². The Kier molecular flexibility index (Phi) is 7.92. The third-order valence-electron chi connectivity index (χ3n) is 7.82. The molecule has 0 bridgehead atoms. The highest BCUT2D eigenvalue weighted by Crippen LogP contribution is 2.48. The fourth-order valence-electron chi connectivity index (χ4n) is 5.86. The summed E-state index contributed by atoms with van der Waals surface area (Å²) >= 11 is 5.26. The van der Waals surface area contributed by atoms with Crippen LogP contribution in [-0.2, 0) is 17.7 Å². The van der Waals surface area contributed by atoms with Gasteiger partial charge in [0.15, 0.2) is 6.23 Å². The number of aliphatic hydroxyl groups is 1. The molecule has 0 radical (unpaired) electrons. The van der Waals surface area contributed by atoms with Gasteiger partial charge in [-0.05, 0) is 22.2 Å². The molecule has 10 nitrogen and oxygen atoms in total. The predicted octanol–water partition coefficient (Wildman–Crippen LogP) is 3.86. The summed E-state index contributed by atoms with van der Waals surface area (Å²) in [6, 6.07) is 0. The maximum Gasteiger partial charge on any atom is 0.335 e. The number of anilines is 1. The van der Waals surface area contributed by atoms with E-state index in [9.17, 15) is 5.11 Å². The van der Waals surface area contributed by atoms with Gasteiger partial charge >= 0.3 is 17.1 Å². The lowest BCUT2D eigenvalue weighted by Gasteiger charge is -2.51. The fraction of sp³-hybridized carbons (Fsp3) is 0.708. The summed E-state index contributed by atoms with van der Waals surface area (Å²) in [7, 11) is -5.64. The second kappa shape index (κ2) is 10.3. The standard InChI is InChI=1S/C24H41N5O5SSi2/c1-12(2)36(13(3)4)31-10-17-20(33-37(34-36,14(5)6)15(7)8)19(30)24(32-17)29-9-16(22(26)35)18-21(25)27-11-28-23(18)29/h9,11-15,17,19-20,24,30H,10H2,1-8H3,(H2,26,35)(H2,25,27,28)/t17-,19-,20-,24-/m1/s1. The highest BCUT2D eigenvalue weighted by atomic mass is 32.1. The number of nitrogens with zero attached hydrogens (tertiary/aromatic N) is 3. The van der Waals surface area contributed by atoms with E-state index in [0.29, 0.717) is 16.6 Å². The average molecular weight is 568 g/mol. The first kappa shape index (κ1) is 28.5. The molecule has 4 atom stereocenters. The molecular formula is C24H41N5O5SSi2. The lowest BCUT2D eigenvalue weighted by atomic mass is 10.1. The van der Waals surface area contributed by atoms with Gasteiger partial charge in [0.2, 0.25) is 0 Å². The molecule has 4 heterocycles. The van der Waals surface area contributed by atoms with Crippen LogP contribution in [0.3, 0.4) is 0 Å². The van der Waals surface area contributed by atoms with Crippen molar-refractivity contribution in [1.29, 1.82) is 0 Å². The number of ether oxygens (including phenoxy) is 1. The lowest BCUT2D eigenvalue weighted by Crippen LogP contribution is -2.65.